The van der Waals surface area contributed by atoms with E-state index < -0.39 is 9.84 Å². The van der Waals surface area contributed by atoms with Crippen molar-refractivity contribution in [1.29, 1.82) is 0 Å². The van der Waals surface area contributed by atoms with Crippen molar-refractivity contribution in [3.63, 3.8) is 0 Å². The lowest BCUT2D eigenvalue weighted by Gasteiger charge is -2.18. The van der Waals surface area contributed by atoms with Gasteiger partial charge in [0.1, 0.15) is 10.6 Å². The summed E-state index contributed by atoms with van der Waals surface area (Å²) in [4.78, 5) is 2.88. The van der Waals surface area contributed by atoms with Crippen LogP contribution in [-0.4, -0.2) is 52.3 Å². The summed E-state index contributed by atoms with van der Waals surface area (Å²) in [5.74, 6) is 2.14. The third-order valence-electron chi connectivity index (χ3n) is 6.91. The van der Waals surface area contributed by atoms with Gasteiger partial charge in [-0.05, 0) is 67.4 Å². The average Bonchev–Trinajstić information content (AvgIpc) is 3.24. The quantitative estimate of drug-likeness (QED) is 0.200. The summed E-state index contributed by atoms with van der Waals surface area (Å²) in [6.07, 6.45) is 0.831. The molecule has 208 valence electrons. The van der Waals surface area contributed by atoms with Crippen LogP contribution in [-0.2, 0) is 23.4 Å². The van der Waals surface area contributed by atoms with Crippen LogP contribution in [0.15, 0.2) is 76.5 Å². The first-order valence-corrected chi connectivity index (χ1v) is 14.6. The summed E-state index contributed by atoms with van der Waals surface area (Å²) in [6.45, 7) is 6.20. The van der Waals surface area contributed by atoms with Crippen molar-refractivity contribution < 1.29 is 22.6 Å². The van der Waals surface area contributed by atoms with Crippen LogP contribution in [0.5, 0.6) is 17.2 Å². The number of aryl methyl sites for hydroxylation is 1. The third-order valence-corrected chi connectivity index (χ3v) is 8.77. The summed E-state index contributed by atoms with van der Waals surface area (Å²) in [5.41, 5.74) is 2.87. The summed E-state index contributed by atoms with van der Waals surface area (Å²) in [6, 6.07) is 20.3. The van der Waals surface area contributed by atoms with Crippen molar-refractivity contribution in [2.75, 3.05) is 34.4 Å². The van der Waals surface area contributed by atoms with Crippen LogP contribution in [0.1, 0.15) is 37.4 Å². The Morgan fingerprint density at radius 1 is 0.923 bits per heavy atom. The maximum atomic E-state index is 13.8. The molecule has 0 aliphatic rings. The SMILES string of the molecule is COc1ccc(CN(C)CCCOc2ccc(S(=O)(=O)c3c(C(C)C)n(C)c4ccccc34)cc2)cc1OC. The van der Waals surface area contributed by atoms with Crippen LogP contribution in [0.4, 0.5) is 0 Å². The molecule has 0 radical (unpaired) electrons. The molecule has 0 amide bonds. The number of methoxy groups -OCH3 is 2. The molecule has 1 heterocycles. The van der Waals surface area contributed by atoms with Gasteiger partial charge in [0, 0.05) is 36.7 Å². The molecule has 0 atom stereocenters. The lowest BCUT2D eigenvalue weighted by molar-refractivity contribution is 0.258. The fraction of sp³-hybridized carbons (Fsp3) is 0.355. The summed E-state index contributed by atoms with van der Waals surface area (Å²) in [7, 11) is 3.55. The molecule has 0 N–H and O–H groups in total. The number of para-hydroxylation sites is 1. The first kappa shape index (κ1) is 28.5. The molecule has 4 aromatic rings. The van der Waals surface area contributed by atoms with E-state index in [1.807, 2.05) is 67.9 Å². The van der Waals surface area contributed by atoms with Crippen molar-refractivity contribution in [2.45, 2.75) is 42.5 Å². The Bertz CT molecular complexity index is 1520. The van der Waals surface area contributed by atoms with Gasteiger partial charge in [-0.15, -0.1) is 0 Å². The second kappa shape index (κ2) is 12.1. The molecule has 8 heteroatoms. The highest BCUT2D eigenvalue weighted by molar-refractivity contribution is 7.91. The highest BCUT2D eigenvalue weighted by atomic mass is 32.2. The van der Waals surface area contributed by atoms with E-state index in [9.17, 15) is 8.42 Å². The normalized spacial score (nSPS) is 11.9. The van der Waals surface area contributed by atoms with Crippen molar-refractivity contribution in [3.8, 4) is 17.2 Å². The average molecular weight is 551 g/mol. The molecule has 1 aromatic heterocycles. The molecule has 0 spiro atoms. The van der Waals surface area contributed by atoms with Gasteiger partial charge < -0.3 is 23.7 Å². The van der Waals surface area contributed by atoms with Crippen LogP contribution >= 0.6 is 0 Å². The standard InChI is InChI=1S/C31H38N2O5S/c1-22(2)30-31(26-10-7-8-11-27(26)33(30)4)39(34,35)25-15-13-24(14-16-25)38-19-9-18-32(3)21-23-12-17-28(36-5)29(20-23)37-6/h7-8,10-17,20,22H,9,18-19,21H2,1-6H3. The molecule has 4 rings (SSSR count). The van der Waals surface area contributed by atoms with Gasteiger partial charge in [-0.1, -0.05) is 38.1 Å². The Hall–Kier alpha value is -3.49. The molecule has 39 heavy (non-hydrogen) atoms. The molecule has 7 nitrogen and oxygen atoms in total. The first-order chi connectivity index (χ1) is 18.7. The largest absolute Gasteiger partial charge is 0.494 e. The number of rotatable bonds is 12. The predicted molar refractivity (Wildman–Crippen MR) is 155 cm³/mol. The number of fused-ring (bicyclic) bond motifs is 1. The zero-order valence-electron chi connectivity index (χ0n) is 23.6. The molecule has 0 aliphatic carbocycles. The van der Waals surface area contributed by atoms with Crippen LogP contribution in [0.3, 0.4) is 0 Å². The minimum Gasteiger partial charge on any atom is -0.494 e. The van der Waals surface area contributed by atoms with Gasteiger partial charge in [0.15, 0.2) is 11.5 Å². The monoisotopic (exact) mass is 550 g/mol. The molecular formula is C31H38N2O5S. The molecule has 0 fully saturated rings. The van der Waals surface area contributed by atoms with E-state index in [0.29, 0.717) is 23.0 Å². The fourth-order valence-corrected chi connectivity index (χ4v) is 6.88. The Labute approximate surface area is 231 Å². The molecule has 0 saturated carbocycles. The second-order valence-corrected chi connectivity index (χ2v) is 11.9. The summed E-state index contributed by atoms with van der Waals surface area (Å²) >= 11 is 0. The Kier molecular flexibility index (Phi) is 8.87. The fourth-order valence-electron chi connectivity index (χ4n) is 5.04. The zero-order chi connectivity index (χ0) is 28.2. The minimum atomic E-state index is -3.71. The second-order valence-electron chi connectivity index (χ2n) is 10.0. The third kappa shape index (κ3) is 6.07. The van der Waals surface area contributed by atoms with Gasteiger partial charge >= 0.3 is 0 Å². The zero-order valence-corrected chi connectivity index (χ0v) is 24.4. The number of hydrogen-bond donors (Lipinski definition) is 0. The lowest BCUT2D eigenvalue weighted by Crippen LogP contribution is -2.20. The van der Waals surface area contributed by atoms with E-state index in [2.05, 4.69) is 11.9 Å². The smallest absolute Gasteiger partial charge is 0.209 e. The van der Waals surface area contributed by atoms with Gasteiger partial charge in [-0.2, -0.15) is 0 Å². The van der Waals surface area contributed by atoms with Crippen LogP contribution in [0.2, 0.25) is 0 Å². The molecule has 0 unspecified atom stereocenters. The van der Waals surface area contributed by atoms with E-state index in [1.165, 1.54) is 0 Å². The van der Waals surface area contributed by atoms with E-state index in [4.69, 9.17) is 14.2 Å². The van der Waals surface area contributed by atoms with Gasteiger partial charge in [0.25, 0.3) is 0 Å². The Morgan fingerprint density at radius 2 is 1.62 bits per heavy atom. The molecule has 0 bridgehead atoms. The van der Waals surface area contributed by atoms with E-state index in [-0.39, 0.29) is 10.8 Å². The van der Waals surface area contributed by atoms with E-state index >= 15 is 0 Å². The number of ether oxygens (including phenoxy) is 3. The summed E-state index contributed by atoms with van der Waals surface area (Å²) < 4.78 is 46.2. The minimum absolute atomic E-state index is 0.0552. The molecular weight excluding hydrogens is 512 g/mol. The number of benzene rings is 3. The molecule has 0 saturated heterocycles. The van der Waals surface area contributed by atoms with Crippen molar-refractivity contribution in [3.05, 3.63) is 78.0 Å². The Balaban J connectivity index is 1.38. The van der Waals surface area contributed by atoms with Crippen LogP contribution in [0.25, 0.3) is 10.9 Å². The topological polar surface area (TPSA) is 70.0 Å². The Morgan fingerprint density at radius 3 is 2.28 bits per heavy atom. The maximum absolute atomic E-state index is 13.8. The van der Waals surface area contributed by atoms with Gasteiger partial charge in [0.2, 0.25) is 9.84 Å². The van der Waals surface area contributed by atoms with Crippen molar-refractivity contribution in [2.24, 2.45) is 7.05 Å². The van der Waals surface area contributed by atoms with Gasteiger partial charge in [0.05, 0.1) is 25.7 Å². The summed E-state index contributed by atoms with van der Waals surface area (Å²) in [5, 5.41) is 0.751. The van der Waals surface area contributed by atoms with Gasteiger partial charge in [-0.25, -0.2) is 8.42 Å². The molecule has 0 aliphatic heterocycles. The highest BCUT2D eigenvalue weighted by Crippen LogP contribution is 2.37. The van der Waals surface area contributed by atoms with E-state index in [0.717, 1.165) is 47.4 Å². The van der Waals surface area contributed by atoms with E-state index in [1.54, 1.807) is 38.5 Å². The predicted octanol–water partition coefficient (Wildman–Crippen LogP) is 6.05. The number of nitrogens with zero attached hydrogens (tertiary/aromatic N) is 2. The van der Waals surface area contributed by atoms with Crippen LogP contribution < -0.4 is 14.2 Å². The lowest BCUT2D eigenvalue weighted by atomic mass is 10.1. The van der Waals surface area contributed by atoms with Crippen molar-refractivity contribution >= 4 is 20.7 Å². The number of sulfone groups is 1. The van der Waals surface area contributed by atoms with Crippen LogP contribution in [0, 0.1) is 0 Å². The van der Waals surface area contributed by atoms with Gasteiger partial charge in [-0.3, -0.25) is 0 Å². The first-order valence-electron chi connectivity index (χ1n) is 13.1. The highest BCUT2D eigenvalue weighted by Gasteiger charge is 2.29. The van der Waals surface area contributed by atoms with Crippen molar-refractivity contribution in [1.82, 2.24) is 9.47 Å². The molecule has 3 aromatic carbocycles. The number of aromatic nitrogens is 1. The number of hydrogen-bond acceptors (Lipinski definition) is 6. The maximum Gasteiger partial charge on any atom is 0.209 e.